The van der Waals surface area contributed by atoms with E-state index in [9.17, 15) is 9.59 Å². The van der Waals surface area contributed by atoms with Gasteiger partial charge < -0.3 is 9.47 Å². The maximum atomic E-state index is 12.7. The van der Waals surface area contributed by atoms with E-state index in [4.69, 9.17) is 21.1 Å². The lowest BCUT2D eigenvalue weighted by atomic mass is 10.1. The molecular weight excluding hydrogens is 496 g/mol. The average Bonchev–Trinajstić information content (AvgIpc) is 3.24. The minimum absolute atomic E-state index is 0.154. The molecule has 0 saturated heterocycles. The molecule has 4 rings (SSSR count). The Labute approximate surface area is 218 Å². The van der Waals surface area contributed by atoms with Crippen molar-refractivity contribution in [2.24, 2.45) is 5.10 Å². The number of benzene rings is 3. The van der Waals surface area contributed by atoms with Gasteiger partial charge >= 0.3 is 5.97 Å². The maximum absolute atomic E-state index is 12.7. The molecule has 0 fully saturated rings. The van der Waals surface area contributed by atoms with Gasteiger partial charge in [0.25, 0.3) is 5.91 Å². The second kappa shape index (κ2) is 12.3. The van der Waals surface area contributed by atoms with E-state index in [0.717, 1.165) is 29.3 Å². The molecule has 0 aliphatic carbocycles. The second-order valence-electron chi connectivity index (χ2n) is 8.03. The summed E-state index contributed by atoms with van der Waals surface area (Å²) in [7, 11) is 0. The Morgan fingerprint density at radius 3 is 2.61 bits per heavy atom. The summed E-state index contributed by atoms with van der Waals surface area (Å²) in [5.74, 6) is 0.0552. The lowest BCUT2D eigenvalue weighted by molar-refractivity contribution is -0.123. The third kappa shape index (κ3) is 6.71. The number of nitrogens with zero attached hydrogens (tertiary/aromatic N) is 1. The lowest BCUT2D eigenvalue weighted by Gasteiger charge is -2.06. The van der Waals surface area contributed by atoms with Crippen molar-refractivity contribution in [2.45, 2.75) is 26.2 Å². The van der Waals surface area contributed by atoms with E-state index in [1.165, 1.54) is 23.1 Å². The Hall–Kier alpha value is -3.68. The number of halogens is 1. The first kappa shape index (κ1) is 25.4. The van der Waals surface area contributed by atoms with Gasteiger partial charge in [0.2, 0.25) is 0 Å². The fourth-order valence-corrected chi connectivity index (χ4v) is 4.84. The third-order valence-corrected chi connectivity index (χ3v) is 6.96. The normalized spacial score (nSPS) is 11.1. The minimum Gasteiger partial charge on any atom is -0.484 e. The number of hydrazone groups is 1. The first-order valence-corrected chi connectivity index (χ1v) is 12.8. The molecule has 3 aromatic carbocycles. The van der Waals surface area contributed by atoms with E-state index < -0.39 is 5.97 Å². The largest absolute Gasteiger partial charge is 0.484 e. The number of unbranched alkanes of at least 4 members (excludes halogenated alkanes) is 1. The zero-order valence-electron chi connectivity index (χ0n) is 19.7. The molecule has 0 bridgehead atoms. The molecule has 0 saturated carbocycles. The van der Waals surface area contributed by atoms with E-state index in [1.54, 1.807) is 24.3 Å². The van der Waals surface area contributed by atoms with E-state index in [2.05, 4.69) is 17.5 Å². The standard InChI is InChI=1S/C28H25ClN2O4S/c1-2-3-7-19-12-14-21(15-13-19)34-18-25(32)31-30-17-20-8-6-9-22(16-20)35-28(33)27-26(29)23-10-4-5-11-24(23)36-27/h4-6,8-17H,2-3,7,18H2,1H3,(H,31,32)/b30-17+. The van der Waals surface area contributed by atoms with Crippen LogP contribution in [-0.2, 0) is 11.2 Å². The number of amides is 1. The quantitative estimate of drug-likeness (QED) is 0.110. The van der Waals surface area contributed by atoms with Gasteiger partial charge in [0.15, 0.2) is 6.61 Å². The summed E-state index contributed by atoms with van der Waals surface area (Å²) >= 11 is 7.66. The van der Waals surface area contributed by atoms with Gasteiger partial charge in [0, 0.05) is 10.1 Å². The van der Waals surface area contributed by atoms with Crippen molar-refractivity contribution in [3.05, 3.63) is 93.8 Å². The van der Waals surface area contributed by atoms with Crippen LogP contribution in [0.5, 0.6) is 11.5 Å². The van der Waals surface area contributed by atoms with Gasteiger partial charge in [-0.2, -0.15) is 5.10 Å². The number of hydrogen-bond acceptors (Lipinski definition) is 6. The molecule has 0 unspecified atom stereocenters. The predicted octanol–water partition coefficient (Wildman–Crippen LogP) is 6.65. The average molecular weight is 521 g/mol. The molecule has 0 atom stereocenters. The predicted molar refractivity (Wildman–Crippen MR) is 145 cm³/mol. The zero-order valence-corrected chi connectivity index (χ0v) is 21.3. The number of ether oxygens (including phenoxy) is 2. The maximum Gasteiger partial charge on any atom is 0.355 e. The van der Waals surface area contributed by atoms with Crippen LogP contribution in [0.1, 0.15) is 40.6 Å². The van der Waals surface area contributed by atoms with Crippen molar-refractivity contribution in [1.82, 2.24) is 5.43 Å². The summed E-state index contributed by atoms with van der Waals surface area (Å²) < 4.78 is 11.9. The summed E-state index contributed by atoms with van der Waals surface area (Å²) in [6, 6.07) is 22.1. The smallest absolute Gasteiger partial charge is 0.355 e. The molecule has 8 heteroatoms. The Balaban J connectivity index is 1.28. The van der Waals surface area contributed by atoms with Crippen LogP contribution in [-0.4, -0.2) is 24.7 Å². The van der Waals surface area contributed by atoms with E-state index in [1.807, 2.05) is 48.5 Å². The molecule has 0 radical (unpaired) electrons. The Bertz CT molecular complexity index is 1380. The Morgan fingerprint density at radius 1 is 1.03 bits per heavy atom. The number of hydrogen-bond donors (Lipinski definition) is 1. The van der Waals surface area contributed by atoms with Crippen LogP contribution < -0.4 is 14.9 Å². The number of esters is 1. The molecule has 4 aromatic rings. The van der Waals surface area contributed by atoms with Crippen molar-refractivity contribution in [3.63, 3.8) is 0 Å². The van der Waals surface area contributed by atoms with Gasteiger partial charge in [-0.15, -0.1) is 11.3 Å². The van der Waals surface area contributed by atoms with Crippen LogP contribution in [0.4, 0.5) is 0 Å². The summed E-state index contributed by atoms with van der Waals surface area (Å²) in [6.07, 6.45) is 4.79. The van der Waals surface area contributed by atoms with Crippen molar-refractivity contribution in [1.29, 1.82) is 0 Å². The van der Waals surface area contributed by atoms with Gasteiger partial charge in [0.05, 0.1) is 11.2 Å². The number of carbonyl (C=O) groups excluding carboxylic acids is 2. The first-order valence-electron chi connectivity index (χ1n) is 11.6. The molecule has 1 amide bonds. The molecule has 1 aromatic heterocycles. The van der Waals surface area contributed by atoms with Crippen molar-refractivity contribution in [2.75, 3.05) is 6.61 Å². The van der Waals surface area contributed by atoms with Crippen molar-refractivity contribution >= 4 is 51.1 Å². The van der Waals surface area contributed by atoms with Gasteiger partial charge in [-0.25, -0.2) is 10.2 Å². The minimum atomic E-state index is -0.529. The van der Waals surface area contributed by atoms with Crippen LogP contribution in [0.15, 0.2) is 77.9 Å². The molecule has 6 nitrogen and oxygen atoms in total. The molecular formula is C28H25ClN2O4S. The van der Waals surface area contributed by atoms with Crippen molar-refractivity contribution in [3.8, 4) is 11.5 Å². The topological polar surface area (TPSA) is 77.0 Å². The van der Waals surface area contributed by atoms with Gasteiger partial charge in [-0.3, -0.25) is 4.79 Å². The van der Waals surface area contributed by atoms with Gasteiger partial charge in [-0.1, -0.05) is 67.4 Å². The number of nitrogens with one attached hydrogen (secondary N) is 1. The highest BCUT2D eigenvalue weighted by molar-refractivity contribution is 7.21. The molecule has 184 valence electrons. The van der Waals surface area contributed by atoms with E-state index >= 15 is 0 Å². The van der Waals surface area contributed by atoms with Crippen LogP contribution in [0.3, 0.4) is 0 Å². The molecule has 0 aliphatic rings. The number of aryl methyl sites for hydroxylation is 1. The Kier molecular flexibility index (Phi) is 8.71. The van der Waals surface area contributed by atoms with Crippen LogP contribution in [0.25, 0.3) is 10.1 Å². The zero-order chi connectivity index (χ0) is 25.3. The molecule has 1 heterocycles. The molecule has 0 aliphatic heterocycles. The molecule has 36 heavy (non-hydrogen) atoms. The SMILES string of the molecule is CCCCc1ccc(OCC(=O)N/N=C/c2cccc(OC(=O)c3sc4ccccc4c3Cl)c2)cc1. The van der Waals surface area contributed by atoms with E-state index in [-0.39, 0.29) is 12.5 Å². The van der Waals surface area contributed by atoms with E-state index in [0.29, 0.717) is 27.0 Å². The lowest BCUT2D eigenvalue weighted by Crippen LogP contribution is -2.24. The Morgan fingerprint density at radius 2 is 1.83 bits per heavy atom. The van der Waals surface area contributed by atoms with Crippen LogP contribution in [0, 0.1) is 0 Å². The molecule has 1 N–H and O–H groups in total. The van der Waals surface area contributed by atoms with Gasteiger partial charge in [-0.05, 0) is 54.3 Å². The second-order valence-corrected chi connectivity index (χ2v) is 9.46. The number of carbonyl (C=O) groups is 2. The summed E-state index contributed by atoms with van der Waals surface area (Å²) in [6.45, 7) is 2.01. The fourth-order valence-electron chi connectivity index (χ4n) is 3.45. The number of rotatable bonds is 10. The highest BCUT2D eigenvalue weighted by Gasteiger charge is 2.19. The monoisotopic (exact) mass is 520 g/mol. The van der Waals surface area contributed by atoms with Crippen LogP contribution >= 0.6 is 22.9 Å². The fraction of sp³-hybridized carbons (Fsp3) is 0.179. The third-order valence-electron chi connectivity index (χ3n) is 5.30. The summed E-state index contributed by atoms with van der Waals surface area (Å²) in [4.78, 5) is 25.1. The molecule has 0 spiro atoms. The van der Waals surface area contributed by atoms with Crippen LogP contribution in [0.2, 0.25) is 5.02 Å². The highest BCUT2D eigenvalue weighted by Crippen LogP contribution is 2.35. The highest BCUT2D eigenvalue weighted by atomic mass is 35.5. The summed E-state index contributed by atoms with van der Waals surface area (Å²) in [5, 5.41) is 5.16. The van der Waals surface area contributed by atoms with Crippen molar-refractivity contribution < 1.29 is 19.1 Å². The number of thiophene rings is 1. The summed E-state index contributed by atoms with van der Waals surface area (Å²) in [5.41, 5.74) is 4.32. The van der Waals surface area contributed by atoms with Gasteiger partial charge in [0.1, 0.15) is 16.4 Å². The first-order chi connectivity index (χ1) is 17.5. The number of fused-ring (bicyclic) bond motifs is 1.